The first kappa shape index (κ1) is 15.3. The summed E-state index contributed by atoms with van der Waals surface area (Å²) in [5.74, 6) is -0.309. The zero-order chi connectivity index (χ0) is 13.1. The van der Waals surface area contributed by atoms with Crippen molar-refractivity contribution in [2.45, 2.75) is 9.79 Å². The van der Waals surface area contributed by atoms with Gasteiger partial charge in [-0.3, -0.25) is 10.1 Å². The summed E-state index contributed by atoms with van der Waals surface area (Å²) in [7, 11) is 0. The molecule has 2 N–H and O–H groups in total. The normalized spacial score (nSPS) is 9.74. The molecular formula is C12H10ClFN2O2S. The van der Waals surface area contributed by atoms with Gasteiger partial charge >= 0.3 is 0 Å². The highest BCUT2D eigenvalue weighted by Gasteiger charge is 2.09. The van der Waals surface area contributed by atoms with Crippen molar-refractivity contribution in [1.29, 1.82) is 0 Å². The molecule has 0 aromatic heterocycles. The minimum absolute atomic E-state index is 0. The average Bonchev–Trinajstić information content (AvgIpc) is 2.34. The Bertz CT molecular complexity index is 593. The van der Waals surface area contributed by atoms with Crippen LogP contribution in [0.25, 0.3) is 0 Å². The molecule has 2 aromatic rings. The lowest BCUT2D eigenvalue weighted by molar-refractivity contribution is -0.384. The maximum atomic E-state index is 12.7. The minimum atomic E-state index is -0.497. The van der Waals surface area contributed by atoms with Gasteiger partial charge in [0.05, 0.1) is 10.6 Å². The summed E-state index contributed by atoms with van der Waals surface area (Å²) in [5.41, 5.74) is 6.02. The molecule has 0 aliphatic carbocycles. The predicted molar refractivity (Wildman–Crippen MR) is 75.3 cm³/mol. The molecule has 0 saturated heterocycles. The fourth-order valence-corrected chi connectivity index (χ4v) is 2.21. The van der Waals surface area contributed by atoms with Crippen LogP contribution in [0.1, 0.15) is 0 Å². The highest BCUT2D eigenvalue weighted by Crippen LogP contribution is 2.33. The monoisotopic (exact) mass is 300 g/mol. The Kier molecular flexibility index (Phi) is 5.14. The van der Waals surface area contributed by atoms with Crippen LogP contribution < -0.4 is 5.73 Å². The van der Waals surface area contributed by atoms with Crippen molar-refractivity contribution in [3.05, 3.63) is 58.4 Å². The SMILES string of the molecule is Cl.Nc1cc([N+](=O)[O-])ccc1Sc1ccc(F)cc1. The fraction of sp³-hybridized carbons (Fsp3) is 0. The Morgan fingerprint density at radius 2 is 1.79 bits per heavy atom. The molecule has 7 heteroatoms. The summed E-state index contributed by atoms with van der Waals surface area (Å²) in [6.45, 7) is 0. The van der Waals surface area contributed by atoms with Crippen molar-refractivity contribution >= 4 is 35.5 Å². The van der Waals surface area contributed by atoms with Crippen molar-refractivity contribution in [2.75, 3.05) is 5.73 Å². The first-order valence-electron chi connectivity index (χ1n) is 5.03. The third-order valence-electron chi connectivity index (χ3n) is 2.25. The third-order valence-corrected chi connectivity index (χ3v) is 3.35. The fourth-order valence-electron chi connectivity index (χ4n) is 1.37. The van der Waals surface area contributed by atoms with E-state index in [0.29, 0.717) is 10.6 Å². The molecule has 0 heterocycles. The second-order valence-electron chi connectivity index (χ2n) is 3.54. The number of halogens is 2. The van der Waals surface area contributed by atoms with Gasteiger partial charge in [-0.15, -0.1) is 12.4 Å². The molecule has 0 unspecified atom stereocenters. The number of hydrogen-bond donors (Lipinski definition) is 1. The van der Waals surface area contributed by atoms with Crippen LogP contribution in [0.3, 0.4) is 0 Å². The summed E-state index contributed by atoms with van der Waals surface area (Å²) in [6, 6.07) is 10.2. The first-order chi connectivity index (χ1) is 8.56. The molecule has 2 aromatic carbocycles. The second kappa shape index (κ2) is 6.40. The third kappa shape index (κ3) is 3.84. The summed E-state index contributed by atoms with van der Waals surface area (Å²) in [6.07, 6.45) is 0. The van der Waals surface area contributed by atoms with E-state index in [9.17, 15) is 14.5 Å². The van der Waals surface area contributed by atoms with Crippen molar-refractivity contribution in [1.82, 2.24) is 0 Å². The summed E-state index contributed by atoms with van der Waals surface area (Å²) in [5, 5.41) is 10.6. The molecule has 2 rings (SSSR count). The standard InChI is InChI=1S/C12H9FN2O2S.ClH/c13-8-1-4-10(5-2-8)18-12-6-3-9(15(16)17)7-11(12)14;/h1-7H,14H2;1H. The number of nitrogens with zero attached hydrogens (tertiary/aromatic N) is 1. The van der Waals surface area contributed by atoms with E-state index in [1.807, 2.05) is 0 Å². The van der Waals surface area contributed by atoms with Gasteiger partial charge in [0.15, 0.2) is 0 Å². The number of benzene rings is 2. The van der Waals surface area contributed by atoms with Crippen molar-refractivity contribution < 1.29 is 9.31 Å². The zero-order valence-corrected chi connectivity index (χ0v) is 11.2. The van der Waals surface area contributed by atoms with E-state index in [-0.39, 0.29) is 23.9 Å². The molecule has 19 heavy (non-hydrogen) atoms. The molecule has 0 bridgehead atoms. The quantitative estimate of drug-likeness (QED) is 0.530. The lowest BCUT2D eigenvalue weighted by Gasteiger charge is -2.05. The average molecular weight is 301 g/mol. The van der Waals surface area contributed by atoms with E-state index >= 15 is 0 Å². The van der Waals surface area contributed by atoms with E-state index in [1.165, 1.54) is 36.0 Å². The van der Waals surface area contributed by atoms with Crippen molar-refractivity contribution in [3.63, 3.8) is 0 Å². The Labute approximate surface area is 119 Å². The largest absolute Gasteiger partial charge is 0.398 e. The summed E-state index contributed by atoms with van der Waals surface area (Å²) < 4.78 is 12.7. The molecule has 0 saturated carbocycles. The molecular weight excluding hydrogens is 291 g/mol. The second-order valence-corrected chi connectivity index (χ2v) is 4.65. The van der Waals surface area contributed by atoms with Gasteiger partial charge in [-0.2, -0.15) is 0 Å². The van der Waals surface area contributed by atoms with Crippen LogP contribution in [0.2, 0.25) is 0 Å². The number of nitrogens with two attached hydrogens (primary N) is 1. The molecule has 0 atom stereocenters. The van der Waals surface area contributed by atoms with E-state index in [0.717, 1.165) is 4.90 Å². The van der Waals surface area contributed by atoms with Crippen molar-refractivity contribution in [2.24, 2.45) is 0 Å². The van der Waals surface area contributed by atoms with Crippen LogP contribution >= 0.6 is 24.2 Å². The summed E-state index contributed by atoms with van der Waals surface area (Å²) >= 11 is 1.33. The Hall–Kier alpha value is -1.79. The van der Waals surface area contributed by atoms with E-state index in [2.05, 4.69) is 0 Å². The van der Waals surface area contributed by atoms with Crippen LogP contribution in [0.5, 0.6) is 0 Å². The van der Waals surface area contributed by atoms with Gasteiger partial charge in [-0.25, -0.2) is 4.39 Å². The molecule has 0 fully saturated rings. The molecule has 0 amide bonds. The van der Waals surface area contributed by atoms with E-state index in [4.69, 9.17) is 5.73 Å². The van der Waals surface area contributed by atoms with Crippen molar-refractivity contribution in [3.8, 4) is 0 Å². The molecule has 0 aliphatic rings. The van der Waals surface area contributed by atoms with Gasteiger partial charge in [-0.05, 0) is 30.3 Å². The number of nitro benzene ring substituents is 1. The highest BCUT2D eigenvalue weighted by molar-refractivity contribution is 7.99. The van der Waals surface area contributed by atoms with Gasteiger partial charge < -0.3 is 5.73 Å². The lowest BCUT2D eigenvalue weighted by atomic mass is 10.3. The number of nitro groups is 1. The Morgan fingerprint density at radius 3 is 2.32 bits per heavy atom. The highest BCUT2D eigenvalue weighted by atomic mass is 35.5. The van der Waals surface area contributed by atoms with Gasteiger partial charge in [0.25, 0.3) is 5.69 Å². The molecule has 0 aliphatic heterocycles. The lowest BCUT2D eigenvalue weighted by Crippen LogP contribution is -1.93. The minimum Gasteiger partial charge on any atom is -0.398 e. The molecule has 0 radical (unpaired) electrons. The topological polar surface area (TPSA) is 69.2 Å². The van der Waals surface area contributed by atoms with Crippen LogP contribution in [-0.4, -0.2) is 4.92 Å². The van der Waals surface area contributed by atoms with E-state index < -0.39 is 4.92 Å². The number of hydrogen-bond acceptors (Lipinski definition) is 4. The maximum absolute atomic E-state index is 12.7. The van der Waals surface area contributed by atoms with Gasteiger partial charge in [0.2, 0.25) is 0 Å². The number of non-ortho nitro benzene ring substituents is 1. The van der Waals surface area contributed by atoms with Gasteiger partial charge in [-0.1, -0.05) is 11.8 Å². The zero-order valence-electron chi connectivity index (χ0n) is 9.58. The Morgan fingerprint density at radius 1 is 1.16 bits per heavy atom. The smallest absolute Gasteiger partial charge is 0.271 e. The Balaban J connectivity index is 0.00000180. The number of nitrogen functional groups attached to an aromatic ring is 1. The summed E-state index contributed by atoms with van der Waals surface area (Å²) in [4.78, 5) is 11.6. The van der Waals surface area contributed by atoms with Crippen LogP contribution in [0.15, 0.2) is 52.3 Å². The molecule has 0 spiro atoms. The number of rotatable bonds is 3. The van der Waals surface area contributed by atoms with Gasteiger partial charge in [0.1, 0.15) is 5.82 Å². The maximum Gasteiger partial charge on any atom is 0.271 e. The molecule has 100 valence electrons. The van der Waals surface area contributed by atoms with Crippen LogP contribution in [0, 0.1) is 15.9 Å². The van der Waals surface area contributed by atoms with Crippen LogP contribution in [-0.2, 0) is 0 Å². The van der Waals surface area contributed by atoms with Gasteiger partial charge in [0, 0.05) is 21.9 Å². The van der Waals surface area contributed by atoms with Crippen LogP contribution in [0.4, 0.5) is 15.8 Å². The molecule has 4 nitrogen and oxygen atoms in total. The first-order valence-corrected chi connectivity index (χ1v) is 5.85. The van der Waals surface area contributed by atoms with E-state index in [1.54, 1.807) is 18.2 Å². The number of anilines is 1. The predicted octanol–water partition coefficient (Wildman–Crippen LogP) is 3.89.